The number of hydrogen-bond acceptors (Lipinski definition) is 4. The molecule has 0 fully saturated rings. The maximum atomic E-state index is 12.5. The summed E-state index contributed by atoms with van der Waals surface area (Å²) in [7, 11) is 0. The predicted octanol–water partition coefficient (Wildman–Crippen LogP) is 3.30. The van der Waals surface area contributed by atoms with Crippen molar-refractivity contribution in [1.82, 2.24) is 14.9 Å². The standard InChI is InChI=1S/C15H10F3N3O3/c16-15(17,18)11-3-1-9(2-4-11)13-5-12(20-24-13)8-21-7-10(6-19-21)14(22)23/h1-7H,8H2,(H,22,23). The van der Waals surface area contributed by atoms with Gasteiger partial charge in [-0.2, -0.15) is 18.3 Å². The van der Waals surface area contributed by atoms with Crippen molar-refractivity contribution in [2.45, 2.75) is 12.7 Å². The molecule has 0 bridgehead atoms. The first kappa shape index (κ1) is 15.8. The Balaban J connectivity index is 1.76. The second kappa shape index (κ2) is 5.84. The number of alkyl halides is 3. The molecule has 0 saturated carbocycles. The van der Waals surface area contributed by atoms with Crippen LogP contribution in [0.4, 0.5) is 13.2 Å². The minimum Gasteiger partial charge on any atom is -0.478 e. The maximum absolute atomic E-state index is 12.5. The molecule has 0 saturated heterocycles. The smallest absolute Gasteiger partial charge is 0.416 e. The number of rotatable bonds is 4. The van der Waals surface area contributed by atoms with Gasteiger partial charge in [0.2, 0.25) is 0 Å². The normalized spacial score (nSPS) is 11.6. The van der Waals surface area contributed by atoms with Gasteiger partial charge >= 0.3 is 12.1 Å². The van der Waals surface area contributed by atoms with Crippen molar-refractivity contribution in [2.24, 2.45) is 0 Å². The summed E-state index contributed by atoms with van der Waals surface area (Å²) in [6.07, 6.45) is -1.85. The summed E-state index contributed by atoms with van der Waals surface area (Å²) < 4.78 is 44.1. The molecule has 0 radical (unpaired) electrons. The molecule has 0 amide bonds. The molecule has 3 aromatic rings. The van der Waals surface area contributed by atoms with Crippen LogP contribution in [0, 0.1) is 0 Å². The molecular formula is C15H10F3N3O3. The molecule has 1 aromatic carbocycles. The Labute approximate surface area is 133 Å². The number of carboxylic acid groups (broad SMARTS) is 1. The van der Waals surface area contributed by atoms with Crippen molar-refractivity contribution >= 4 is 5.97 Å². The molecule has 0 atom stereocenters. The van der Waals surface area contributed by atoms with E-state index in [-0.39, 0.29) is 12.1 Å². The van der Waals surface area contributed by atoms with E-state index in [1.54, 1.807) is 6.07 Å². The molecule has 0 spiro atoms. The zero-order valence-electron chi connectivity index (χ0n) is 12.0. The van der Waals surface area contributed by atoms with E-state index >= 15 is 0 Å². The number of benzene rings is 1. The second-order valence-electron chi connectivity index (χ2n) is 4.99. The molecule has 9 heteroatoms. The summed E-state index contributed by atoms with van der Waals surface area (Å²) in [5, 5.41) is 16.5. The topological polar surface area (TPSA) is 81.1 Å². The van der Waals surface area contributed by atoms with Crippen molar-refractivity contribution in [3.63, 3.8) is 0 Å². The van der Waals surface area contributed by atoms with Crippen LogP contribution in [0.25, 0.3) is 11.3 Å². The Bertz CT molecular complexity index is 866. The Kier molecular flexibility index (Phi) is 3.84. The number of hydrogen-bond donors (Lipinski definition) is 1. The molecule has 0 aliphatic heterocycles. The zero-order chi connectivity index (χ0) is 17.3. The van der Waals surface area contributed by atoms with Crippen LogP contribution in [0.15, 0.2) is 47.2 Å². The summed E-state index contributed by atoms with van der Waals surface area (Å²) >= 11 is 0. The van der Waals surface area contributed by atoms with Crippen LogP contribution in [-0.4, -0.2) is 26.0 Å². The Morgan fingerprint density at radius 3 is 2.54 bits per heavy atom. The fourth-order valence-electron chi connectivity index (χ4n) is 2.07. The minimum atomic E-state index is -4.40. The van der Waals surface area contributed by atoms with E-state index in [1.165, 1.54) is 29.2 Å². The summed E-state index contributed by atoms with van der Waals surface area (Å²) in [6, 6.07) is 6.08. The fourth-order valence-corrected chi connectivity index (χ4v) is 2.07. The van der Waals surface area contributed by atoms with Crippen molar-refractivity contribution in [2.75, 3.05) is 0 Å². The van der Waals surface area contributed by atoms with Gasteiger partial charge in [-0.1, -0.05) is 17.3 Å². The van der Waals surface area contributed by atoms with Crippen LogP contribution >= 0.6 is 0 Å². The first-order valence-corrected chi connectivity index (χ1v) is 6.72. The molecule has 0 unspecified atom stereocenters. The number of carbonyl (C=O) groups is 1. The van der Waals surface area contributed by atoms with Crippen molar-refractivity contribution in [1.29, 1.82) is 0 Å². The molecule has 24 heavy (non-hydrogen) atoms. The summed E-state index contributed by atoms with van der Waals surface area (Å²) in [5.41, 5.74) is 0.212. The highest BCUT2D eigenvalue weighted by molar-refractivity contribution is 5.86. The van der Waals surface area contributed by atoms with Crippen LogP contribution in [0.1, 0.15) is 21.6 Å². The van der Waals surface area contributed by atoms with Gasteiger partial charge in [-0.3, -0.25) is 4.68 Å². The van der Waals surface area contributed by atoms with Gasteiger partial charge in [0.1, 0.15) is 5.69 Å². The summed E-state index contributed by atoms with van der Waals surface area (Å²) in [4.78, 5) is 10.8. The van der Waals surface area contributed by atoms with E-state index in [4.69, 9.17) is 9.63 Å². The van der Waals surface area contributed by atoms with Gasteiger partial charge in [0.05, 0.1) is 23.9 Å². The maximum Gasteiger partial charge on any atom is 0.416 e. The van der Waals surface area contributed by atoms with E-state index in [0.29, 0.717) is 17.0 Å². The van der Waals surface area contributed by atoms with Crippen LogP contribution in [0.2, 0.25) is 0 Å². The van der Waals surface area contributed by atoms with Crippen molar-refractivity contribution < 1.29 is 27.6 Å². The van der Waals surface area contributed by atoms with Crippen LogP contribution < -0.4 is 0 Å². The average Bonchev–Trinajstić information content (AvgIpc) is 3.16. The fraction of sp³-hybridized carbons (Fsp3) is 0.133. The molecule has 0 aliphatic carbocycles. The lowest BCUT2D eigenvalue weighted by molar-refractivity contribution is -0.137. The predicted molar refractivity (Wildman–Crippen MR) is 75.2 cm³/mol. The third kappa shape index (κ3) is 3.29. The highest BCUT2D eigenvalue weighted by atomic mass is 19.4. The lowest BCUT2D eigenvalue weighted by Crippen LogP contribution is -2.03. The van der Waals surface area contributed by atoms with E-state index in [9.17, 15) is 18.0 Å². The quantitative estimate of drug-likeness (QED) is 0.790. The molecular weight excluding hydrogens is 327 g/mol. The van der Waals surface area contributed by atoms with E-state index in [1.807, 2.05) is 0 Å². The minimum absolute atomic E-state index is 0.0430. The first-order chi connectivity index (χ1) is 11.3. The van der Waals surface area contributed by atoms with Crippen LogP contribution in [0.3, 0.4) is 0 Å². The van der Waals surface area contributed by atoms with E-state index in [2.05, 4.69) is 10.3 Å². The molecule has 2 aromatic heterocycles. The molecule has 1 N–H and O–H groups in total. The number of halogens is 3. The highest BCUT2D eigenvalue weighted by Crippen LogP contribution is 2.31. The summed E-state index contributed by atoms with van der Waals surface area (Å²) in [5.74, 6) is -0.781. The van der Waals surface area contributed by atoms with E-state index < -0.39 is 17.7 Å². The number of aromatic nitrogens is 3. The largest absolute Gasteiger partial charge is 0.478 e. The van der Waals surface area contributed by atoms with E-state index in [0.717, 1.165) is 12.1 Å². The molecule has 3 rings (SSSR count). The lowest BCUT2D eigenvalue weighted by Gasteiger charge is -2.06. The molecule has 0 aliphatic rings. The van der Waals surface area contributed by atoms with Gasteiger partial charge in [-0.15, -0.1) is 0 Å². The van der Waals surface area contributed by atoms with Gasteiger partial charge in [0.15, 0.2) is 5.76 Å². The molecule has 2 heterocycles. The number of carboxylic acids is 1. The van der Waals surface area contributed by atoms with Gasteiger partial charge in [-0.05, 0) is 12.1 Å². The Morgan fingerprint density at radius 1 is 1.25 bits per heavy atom. The van der Waals surface area contributed by atoms with Crippen molar-refractivity contribution in [3.8, 4) is 11.3 Å². The van der Waals surface area contributed by atoms with Gasteiger partial charge < -0.3 is 9.63 Å². The average molecular weight is 337 g/mol. The van der Waals surface area contributed by atoms with Crippen molar-refractivity contribution in [3.05, 3.63) is 59.5 Å². The number of nitrogens with zero attached hydrogens (tertiary/aromatic N) is 3. The van der Waals surface area contributed by atoms with Gasteiger partial charge in [-0.25, -0.2) is 4.79 Å². The first-order valence-electron chi connectivity index (χ1n) is 6.72. The Morgan fingerprint density at radius 2 is 1.96 bits per heavy atom. The third-order valence-electron chi connectivity index (χ3n) is 3.26. The molecule has 124 valence electrons. The third-order valence-corrected chi connectivity index (χ3v) is 3.26. The monoisotopic (exact) mass is 337 g/mol. The summed E-state index contributed by atoms with van der Waals surface area (Å²) in [6.45, 7) is 0.178. The SMILES string of the molecule is O=C(O)c1cnn(Cc2cc(-c3ccc(C(F)(F)F)cc3)on2)c1. The second-order valence-corrected chi connectivity index (χ2v) is 4.99. The van der Waals surface area contributed by atoms with Crippen LogP contribution in [0.5, 0.6) is 0 Å². The van der Waals surface area contributed by atoms with Crippen LogP contribution in [-0.2, 0) is 12.7 Å². The highest BCUT2D eigenvalue weighted by Gasteiger charge is 2.30. The lowest BCUT2D eigenvalue weighted by atomic mass is 10.1. The zero-order valence-corrected chi connectivity index (χ0v) is 12.0. The Hall–Kier alpha value is -3.10. The van der Waals surface area contributed by atoms with Gasteiger partial charge in [0, 0.05) is 17.8 Å². The molecule has 6 nitrogen and oxygen atoms in total. The number of aromatic carboxylic acids is 1. The van der Waals surface area contributed by atoms with Gasteiger partial charge in [0.25, 0.3) is 0 Å².